The van der Waals surface area contributed by atoms with E-state index in [9.17, 15) is 18.5 Å². The van der Waals surface area contributed by atoms with E-state index in [1.807, 2.05) is 20.8 Å². The number of carbonyl (C=O) groups excluding carboxylic acids is 1. The highest BCUT2D eigenvalue weighted by Crippen LogP contribution is 2.32. The second-order valence-corrected chi connectivity index (χ2v) is 10.7. The van der Waals surface area contributed by atoms with Gasteiger partial charge in [-0.2, -0.15) is 9.57 Å². The minimum absolute atomic E-state index is 0.0476. The zero-order valence-corrected chi connectivity index (χ0v) is 19.2. The Morgan fingerprint density at radius 2 is 1.83 bits per heavy atom. The van der Waals surface area contributed by atoms with Crippen molar-refractivity contribution in [2.75, 3.05) is 11.9 Å². The van der Waals surface area contributed by atoms with Crippen LogP contribution in [0.5, 0.6) is 0 Å². The van der Waals surface area contributed by atoms with Gasteiger partial charge in [-0.3, -0.25) is 4.79 Å². The summed E-state index contributed by atoms with van der Waals surface area (Å²) >= 11 is 1.36. The standard InChI is InChI=1S/C22H27N3O3S2/c1-4-25(18-8-6-5-7-9-18)30(27,28)19-12-10-17(11-13-19)21(26)24-22-20(14-23)15(2)16(3)29-22/h10-13,18H,4-9H2,1-3H3,(H,24,26). The number of benzene rings is 1. The molecule has 0 radical (unpaired) electrons. The van der Waals surface area contributed by atoms with Gasteiger partial charge in [0.15, 0.2) is 0 Å². The lowest BCUT2D eigenvalue weighted by Crippen LogP contribution is -2.41. The molecule has 8 heteroatoms. The van der Waals surface area contributed by atoms with Crippen LogP contribution in [0, 0.1) is 25.2 Å². The number of carbonyl (C=O) groups is 1. The van der Waals surface area contributed by atoms with Crippen LogP contribution in [0.15, 0.2) is 29.2 Å². The van der Waals surface area contributed by atoms with Gasteiger partial charge >= 0.3 is 0 Å². The van der Waals surface area contributed by atoms with Gasteiger partial charge in [0.1, 0.15) is 11.1 Å². The minimum Gasteiger partial charge on any atom is -0.312 e. The maximum absolute atomic E-state index is 13.1. The number of sulfonamides is 1. The number of hydrogen-bond donors (Lipinski definition) is 1. The first-order chi connectivity index (χ1) is 14.3. The van der Waals surface area contributed by atoms with Gasteiger partial charge in [-0.05, 0) is 56.5 Å². The number of nitrogens with one attached hydrogen (secondary N) is 1. The maximum atomic E-state index is 13.1. The van der Waals surface area contributed by atoms with Crippen molar-refractivity contribution in [2.45, 2.75) is 63.8 Å². The predicted molar refractivity (Wildman–Crippen MR) is 119 cm³/mol. The van der Waals surface area contributed by atoms with Crippen LogP contribution in [0.25, 0.3) is 0 Å². The molecule has 0 spiro atoms. The lowest BCUT2D eigenvalue weighted by molar-refractivity contribution is 0.102. The van der Waals surface area contributed by atoms with Crippen molar-refractivity contribution in [2.24, 2.45) is 0 Å². The Bertz CT molecular complexity index is 1060. The van der Waals surface area contributed by atoms with Crippen LogP contribution in [0.3, 0.4) is 0 Å². The molecule has 1 aliphatic rings. The highest BCUT2D eigenvalue weighted by Gasteiger charge is 2.31. The molecule has 0 saturated heterocycles. The van der Waals surface area contributed by atoms with E-state index in [-0.39, 0.29) is 16.8 Å². The molecule has 1 aromatic carbocycles. The van der Waals surface area contributed by atoms with Crippen molar-refractivity contribution in [3.8, 4) is 6.07 Å². The molecule has 1 aromatic heterocycles. The second-order valence-electron chi connectivity index (χ2n) is 7.58. The summed E-state index contributed by atoms with van der Waals surface area (Å²) in [5.74, 6) is -0.365. The fourth-order valence-corrected chi connectivity index (χ4v) is 6.63. The van der Waals surface area contributed by atoms with Crippen LogP contribution < -0.4 is 5.32 Å². The van der Waals surface area contributed by atoms with E-state index in [1.54, 1.807) is 4.31 Å². The molecule has 1 aliphatic carbocycles. The van der Waals surface area contributed by atoms with Crippen molar-refractivity contribution in [3.05, 3.63) is 45.8 Å². The third kappa shape index (κ3) is 4.43. The Hall–Kier alpha value is -2.21. The van der Waals surface area contributed by atoms with Gasteiger partial charge in [0.25, 0.3) is 5.91 Å². The van der Waals surface area contributed by atoms with Crippen LogP contribution in [0.1, 0.15) is 65.4 Å². The Morgan fingerprint density at radius 3 is 2.40 bits per heavy atom. The van der Waals surface area contributed by atoms with Crippen LogP contribution in [-0.2, 0) is 10.0 Å². The van der Waals surface area contributed by atoms with E-state index in [0.29, 0.717) is 22.7 Å². The summed E-state index contributed by atoms with van der Waals surface area (Å²) in [6, 6.07) is 8.21. The van der Waals surface area contributed by atoms with Crippen molar-refractivity contribution in [3.63, 3.8) is 0 Å². The van der Waals surface area contributed by atoms with Gasteiger partial charge in [0.05, 0.1) is 10.5 Å². The molecule has 30 heavy (non-hydrogen) atoms. The van der Waals surface area contributed by atoms with Crippen molar-refractivity contribution in [1.29, 1.82) is 5.26 Å². The summed E-state index contributed by atoms with van der Waals surface area (Å²) < 4.78 is 27.9. The Kier molecular flexibility index (Phi) is 6.96. The van der Waals surface area contributed by atoms with Gasteiger partial charge in [-0.25, -0.2) is 8.42 Å². The van der Waals surface area contributed by atoms with Crippen molar-refractivity contribution in [1.82, 2.24) is 4.31 Å². The number of anilines is 1. The fraction of sp³-hybridized carbons (Fsp3) is 0.455. The highest BCUT2D eigenvalue weighted by atomic mass is 32.2. The average Bonchev–Trinajstić information content (AvgIpc) is 3.01. The van der Waals surface area contributed by atoms with Crippen LogP contribution >= 0.6 is 11.3 Å². The van der Waals surface area contributed by atoms with Gasteiger partial charge in [0, 0.05) is 23.0 Å². The average molecular weight is 446 g/mol. The Morgan fingerprint density at radius 1 is 1.20 bits per heavy atom. The topological polar surface area (TPSA) is 90.3 Å². The highest BCUT2D eigenvalue weighted by molar-refractivity contribution is 7.89. The smallest absolute Gasteiger partial charge is 0.256 e. The molecule has 6 nitrogen and oxygen atoms in total. The molecule has 1 N–H and O–H groups in total. The lowest BCUT2D eigenvalue weighted by Gasteiger charge is -2.32. The largest absolute Gasteiger partial charge is 0.312 e. The zero-order chi connectivity index (χ0) is 21.9. The van der Waals surface area contributed by atoms with E-state index in [0.717, 1.165) is 42.5 Å². The zero-order valence-electron chi connectivity index (χ0n) is 17.6. The molecule has 2 aromatic rings. The summed E-state index contributed by atoms with van der Waals surface area (Å²) in [5, 5.41) is 12.6. The number of rotatable bonds is 6. The first-order valence-corrected chi connectivity index (χ1v) is 12.5. The van der Waals surface area contributed by atoms with Gasteiger partial charge in [0.2, 0.25) is 10.0 Å². The number of hydrogen-bond acceptors (Lipinski definition) is 5. The first kappa shape index (κ1) is 22.5. The molecular formula is C22H27N3O3S2. The molecule has 0 atom stereocenters. The number of nitriles is 1. The molecule has 160 valence electrons. The molecular weight excluding hydrogens is 418 g/mol. The van der Waals surface area contributed by atoms with E-state index in [2.05, 4.69) is 11.4 Å². The number of aryl methyl sites for hydroxylation is 1. The Balaban J connectivity index is 1.79. The number of thiophene rings is 1. The quantitative estimate of drug-likeness (QED) is 0.689. The Labute approximate surface area is 182 Å². The molecule has 1 saturated carbocycles. The van der Waals surface area contributed by atoms with Crippen LogP contribution in [0.4, 0.5) is 5.00 Å². The molecule has 0 unspecified atom stereocenters. The van der Waals surface area contributed by atoms with Gasteiger partial charge in [-0.1, -0.05) is 26.2 Å². The van der Waals surface area contributed by atoms with Crippen LogP contribution in [-0.4, -0.2) is 31.2 Å². The summed E-state index contributed by atoms with van der Waals surface area (Å²) in [4.78, 5) is 13.8. The molecule has 1 amide bonds. The monoisotopic (exact) mass is 445 g/mol. The van der Waals surface area contributed by atoms with Gasteiger partial charge in [-0.15, -0.1) is 11.3 Å². The summed E-state index contributed by atoms with van der Waals surface area (Å²) in [5.41, 5.74) is 1.68. The van der Waals surface area contributed by atoms with Crippen molar-refractivity contribution < 1.29 is 13.2 Å². The first-order valence-electron chi connectivity index (χ1n) is 10.2. The van der Waals surface area contributed by atoms with E-state index < -0.39 is 10.0 Å². The molecule has 0 bridgehead atoms. The minimum atomic E-state index is -3.60. The third-order valence-electron chi connectivity index (χ3n) is 5.74. The normalized spacial score (nSPS) is 15.2. The SMILES string of the molecule is CCN(C1CCCCC1)S(=O)(=O)c1ccc(C(=O)Nc2sc(C)c(C)c2C#N)cc1. The number of nitrogens with zero attached hydrogens (tertiary/aromatic N) is 2. The summed E-state index contributed by atoms with van der Waals surface area (Å²) in [7, 11) is -3.60. The second kappa shape index (κ2) is 9.29. The van der Waals surface area contributed by atoms with Crippen molar-refractivity contribution >= 4 is 32.3 Å². The fourth-order valence-electron chi connectivity index (χ4n) is 3.93. The van der Waals surface area contributed by atoms with Gasteiger partial charge < -0.3 is 5.32 Å². The van der Waals surface area contributed by atoms with E-state index >= 15 is 0 Å². The van der Waals surface area contributed by atoms with Crippen LogP contribution in [0.2, 0.25) is 0 Å². The molecule has 1 heterocycles. The molecule has 3 rings (SSSR count). The van der Waals surface area contributed by atoms with E-state index in [1.165, 1.54) is 35.6 Å². The third-order valence-corrected chi connectivity index (χ3v) is 8.91. The van der Waals surface area contributed by atoms with E-state index in [4.69, 9.17) is 0 Å². The lowest BCUT2D eigenvalue weighted by atomic mass is 9.95. The molecule has 0 aliphatic heterocycles. The maximum Gasteiger partial charge on any atom is 0.256 e. The molecule has 1 fully saturated rings. The predicted octanol–water partition coefficient (Wildman–Crippen LogP) is 4.83. The number of amides is 1. The summed E-state index contributed by atoms with van der Waals surface area (Å²) in [6.45, 7) is 6.06. The summed E-state index contributed by atoms with van der Waals surface area (Å²) in [6.07, 6.45) is 5.07.